The van der Waals surface area contributed by atoms with Crippen LogP contribution < -0.4 is 5.32 Å². The van der Waals surface area contributed by atoms with Crippen molar-refractivity contribution >= 4 is 36.5 Å². The molecular formula is C19H20N5O9P. The Balaban J connectivity index is 1.60. The summed E-state index contributed by atoms with van der Waals surface area (Å²) in [6, 6.07) is 6.27. The molecular weight excluding hydrogens is 473 g/mol. The minimum atomic E-state index is -4.81. The van der Waals surface area contributed by atoms with E-state index in [1.807, 2.05) is 0 Å². The topological polar surface area (TPSA) is 206 Å². The number of phosphoric ester groups is 1. The number of carbonyl (C=O) groups is 2. The predicted octanol–water partition coefficient (Wildman–Crippen LogP) is 0.00970. The van der Waals surface area contributed by atoms with Crippen molar-refractivity contribution in [1.82, 2.24) is 19.5 Å². The van der Waals surface area contributed by atoms with Crippen molar-refractivity contribution in [2.45, 2.75) is 31.5 Å². The Hall–Kier alpha value is -3.10. The largest absolute Gasteiger partial charge is 0.469 e. The highest BCUT2D eigenvalue weighted by Crippen LogP contribution is 2.39. The lowest BCUT2D eigenvalue weighted by atomic mass is 10.0. The molecule has 2 aromatic heterocycles. The van der Waals surface area contributed by atoms with E-state index in [9.17, 15) is 24.4 Å². The smallest absolute Gasteiger partial charge is 0.387 e. The van der Waals surface area contributed by atoms with Gasteiger partial charge in [0.1, 0.15) is 24.6 Å². The van der Waals surface area contributed by atoms with Gasteiger partial charge in [-0.3, -0.25) is 18.7 Å². The van der Waals surface area contributed by atoms with Crippen LogP contribution in [0.25, 0.3) is 11.2 Å². The first kappa shape index (κ1) is 24.0. The van der Waals surface area contributed by atoms with Gasteiger partial charge in [0.25, 0.3) is 5.91 Å². The highest BCUT2D eigenvalue weighted by molar-refractivity contribution is 7.46. The van der Waals surface area contributed by atoms with Gasteiger partial charge in [0.15, 0.2) is 29.0 Å². The molecule has 1 fully saturated rings. The Labute approximate surface area is 191 Å². The van der Waals surface area contributed by atoms with Crippen LogP contribution in [0, 0.1) is 0 Å². The Bertz CT molecular complexity index is 1290. The summed E-state index contributed by atoms with van der Waals surface area (Å²) in [6.07, 6.45) is -3.10. The zero-order valence-corrected chi connectivity index (χ0v) is 18.4. The molecule has 1 aliphatic rings. The van der Waals surface area contributed by atoms with Crippen LogP contribution >= 0.6 is 7.82 Å². The number of imidazole rings is 1. The fourth-order valence-corrected chi connectivity index (χ4v) is 3.90. The zero-order chi connectivity index (χ0) is 24.6. The second-order valence-corrected chi connectivity index (χ2v) is 8.67. The lowest BCUT2D eigenvalue weighted by Crippen LogP contribution is -2.33. The number of aliphatic hydroxyl groups is 2. The summed E-state index contributed by atoms with van der Waals surface area (Å²) in [6.45, 7) is 0.674. The molecule has 0 saturated carbocycles. The third kappa shape index (κ3) is 4.74. The van der Waals surface area contributed by atoms with Crippen LogP contribution in [0.4, 0.5) is 5.82 Å². The molecule has 1 aromatic carbocycles. The summed E-state index contributed by atoms with van der Waals surface area (Å²) in [5.74, 6) is -0.852. The van der Waals surface area contributed by atoms with E-state index in [4.69, 9.17) is 14.5 Å². The van der Waals surface area contributed by atoms with Crippen LogP contribution in [0.5, 0.6) is 0 Å². The van der Waals surface area contributed by atoms with E-state index in [0.29, 0.717) is 0 Å². The van der Waals surface area contributed by atoms with Crippen LogP contribution in [-0.2, 0) is 13.8 Å². The molecule has 1 amide bonds. The number of carbonyl (C=O) groups excluding carboxylic acids is 2. The van der Waals surface area contributed by atoms with Gasteiger partial charge in [-0.2, -0.15) is 0 Å². The van der Waals surface area contributed by atoms with E-state index >= 15 is 0 Å². The summed E-state index contributed by atoms with van der Waals surface area (Å²) in [5.41, 5.74) is 0.650. The number of ketones is 1. The molecule has 5 N–H and O–H groups in total. The van der Waals surface area contributed by atoms with Crippen LogP contribution in [0.15, 0.2) is 36.9 Å². The molecule has 4 atom stereocenters. The highest BCUT2D eigenvalue weighted by Gasteiger charge is 2.45. The summed E-state index contributed by atoms with van der Waals surface area (Å²) >= 11 is 0. The predicted molar refractivity (Wildman–Crippen MR) is 114 cm³/mol. The summed E-state index contributed by atoms with van der Waals surface area (Å²) < 4.78 is 22.1. The Morgan fingerprint density at radius 3 is 2.53 bits per heavy atom. The lowest BCUT2D eigenvalue weighted by molar-refractivity contribution is -0.0504. The van der Waals surface area contributed by atoms with Crippen molar-refractivity contribution < 1.29 is 43.4 Å². The normalized spacial score (nSPS) is 22.7. The standard InChI is InChI=1S/C19H20N5O9P/c1-9(25)10-4-2-3-5-11(10)18(28)23-16-13-17(21-7-20-16)24(8-22-13)19-15(27)14(26)12(33-19)6-32-34(29,30)31/h2-5,7-8,12,14-15,19,26-27H,6H2,1H3,(H2,29,30,31)(H,20,21,23,28)/t12-,14-,15-,19-/m1/s1. The SMILES string of the molecule is CC(=O)c1ccccc1C(=O)Nc1ncnc2c1ncn2[C@@H]1O[C@H](COP(=O)(O)O)[C@@H](O)[C@H]1O. The quantitative estimate of drug-likeness (QED) is 0.218. The van der Waals surface area contributed by atoms with Gasteiger partial charge >= 0.3 is 7.82 Å². The molecule has 0 radical (unpaired) electrons. The number of benzene rings is 1. The maximum Gasteiger partial charge on any atom is 0.469 e. The summed E-state index contributed by atoms with van der Waals surface area (Å²) in [7, 11) is -4.81. The third-order valence-corrected chi connectivity index (χ3v) is 5.65. The first-order valence-electron chi connectivity index (χ1n) is 9.87. The van der Waals surface area contributed by atoms with E-state index in [1.54, 1.807) is 12.1 Å². The number of anilines is 1. The number of hydrogen-bond acceptors (Lipinski definition) is 10. The highest BCUT2D eigenvalue weighted by atomic mass is 31.2. The van der Waals surface area contributed by atoms with Crippen LogP contribution in [-0.4, -0.2) is 76.1 Å². The first-order valence-corrected chi connectivity index (χ1v) is 11.4. The molecule has 1 aliphatic heterocycles. The molecule has 0 aliphatic carbocycles. The van der Waals surface area contributed by atoms with Gasteiger partial charge in [-0.1, -0.05) is 18.2 Å². The average Bonchev–Trinajstić information content (AvgIpc) is 3.33. The van der Waals surface area contributed by atoms with Crippen LogP contribution in [0.1, 0.15) is 33.9 Å². The Morgan fingerprint density at radius 2 is 1.85 bits per heavy atom. The van der Waals surface area contributed by atoms with E-state index in [-0.39, 0.29) is 33.9 Å². The number of ether oxygens (including phenoxy) is 1. The molecule has 1 saturated heterocycles. The molecule has 14 nitrogen and oxygen atoms in total. The monoisotopic (exact) mass is 493 g/mol. The van der Waals surface area contributed by atoms with Gasteiger partial charge in [0.05, 0.1) is 18.5 Å². The van der Waals surface area contributed by atoms with E-state index in [2.05, 4.69) is 24.8 Å². The van der Waals surface area contributed by atoms with Gasteiger partial charge < -0.3 is 30.1 Å². The molecule has 0 unspecified atom stereocenters. The Morgan fingerprint density at radius 1 is 1.15 bits per heavy atom. The van der Waals surface area contributed by atoms with Crippen LogP contribution in [0.3, 0.4) is 0 Å². The average molecular weight is 493 g/mol. The second-order valence-electron chi connectivity index (χ2n) is 7.43. The van der Waals surface area contributed by atoms with Crippen molar-refractivity contribution in [3.8, 4) is 0 Å². The van der Waals surface area contributed by atoms with Gasteiger partial charge in [0.2, 0.25) is 0 Å². The second kappa shape index (κ2) is 9.27. The minimum absolute atomic E-state index is 0.0292. The lowest BCUT2D eigenvalue weighted by Gasteiger charge is -2.16. The molecule has 15 heteroatoms. The van der Waals surface area contributed by atoms with Crippen molar-refractivity contribution in [3.05, 3.63) is 48.0 Å². The maximum absolute atomic E-state index is 12.8. The van der Waals surface area contributed by atoms with Gasteiger partial charge in [-0.05, 0) is 13.0 Å². The minimum Gasteiger partial charge on any atom is -0.387 e. The summed E-state index contributed by atoms with van der Waals surface area (Å²) in [4.78, 5) is 54.6. The number of fused-ring (bicyclic) bond motifs is 1. The number of aliphatic hydroxyl groups excluding tert-OH is 2. The number of phosphoric acid groups is 1. The molecule has 0 bridgehead atoms. The van der Waals surface area contributed by atoms with Crippen molar-refractivity contribution in [1.29, 1.82) is 0 Å². The number of aromatic nitrogens is 4. The van der Waals surface area contributed by atoms with Crippen molar-refractivity contribution in [2.24, 2.45) is 0 Å². The molecule has 3 heterocycles. The number of rotatable bonds is 7. The fraction of sp³-hybridized carbons (Fsp3) is 0.316. The van der Waals surface area contributed by atoms with E-state index in [0.717, 1.165) is 6.33 Å². The number of amides is 1. The third-order valence-electron chi connectivity index (χ3n) is 5.16. The number of hydrogen-bond donors (Lipinski definition) is 5. The van der Waals surface area contributed by atoms with E-state index < -0.39 is 44.9 Å². The van der Waals surface area contributed by atoms with E-state index in [1.165, 1.54) is 30.0 Å². The summed E-state index contributed by atoms with van der Waals surface area (Å²) in [5, 5.41) is 23.2. The zero-order valence-electron chi connectivity index (χ0n) is 17.5. The molecule has 34 heavy (non-hydrogen) atoms. The first-order chi connectivity index (χ1) is 16.1. The van der Waals surface area contributed by atoms with Gasteiger partial charge in [0, 0.05) is 5.56 Å². The van der Waals surface area contributed by atoms with Crippen molar-refractivity contribution in [2.75, 3.05) is 11.9 Å². The Kier molecular flexibility index (Phi) is 6.55. The van der Waals surface area contributed by atoms with Crippen LogP contribution in [0.2, 0.25) is 0 Å². The molecule has 3 aromatic rings. The van der Waals surface area contributed by atoms with Crippen molar-refractivity contribution in [3.63, 3.8) is 0 Å². The fourth-order valence-electron chi connectivity index (χ4n) is 3.56. The number of nitrogens with zero attached hydrogens (tertiary/aromatic N) is 4. The maximum atomic E-state index is 12.8. The molecule has 4 rings (SSSR count). The molecule has 180 valence electrons. The van der Waals surface area contributed by atoms with Gasteiger partial charge in [-0.25, -0.2) is 19.5 Å². The molecule has 0 spiro atoms. The van der Waals surface area contributed by atoms with Gasteiger partial charge in [-0.15, -0.1) is 0 Å². The number of nitrogens with one attached hydrogen (secondary N) is 1. The number of Topliss-reactive ketones (excluding diaryl/α,β-unsaturated/α-hetero) is 1.